The largest absolute Gasteiger partial charge is 0.377 e. The topological polar surface area (TPSA) is 98.1 Å². The van der Waals surface area contributed by atoms with Crippen molar-refractivity contribution in [1.29, 1.82) is 0 Å². The van der Waals surface area contributed by atoms with Gasteiger partial charge in [0.25, 0.3) is 11.3 Å². The fraction of sp³-hybridized carbons (Fsp3) is 0.222. The lowest BCUT2D eigenvalue weighted by Gasteiger charge is -1.96. The molecule has 3 rings (SSSR count). The van der Waals surface area contributed by atoms with Gasteiger partial charge in [-0.3, -0.25) is 4.79 Å². The molecule has 1 N–H and O–H groups in total. The van der Waals surface area contributed by atoms with Gasteiger partial charge in [-0.2, -0.15) is 9.50 Å². The Bertz CT molecular complexity index is 746. The lowest BCUT2D eigenvalue weighted by Crippen LogP contribution is -2.09. The molecule has 0 aromatic carbocycles. The van der Waals surface area contributed by atoms with E-state index in [0.717, 1.165) is 0 Å². The lowest BCUT2D eigenvalue weighted by molar-refractivity contribution is 0.178. The normalized spacial score (nSPS) is 11.4. The Balaban J connectivity index is 2.39. The molecule has 8 nitrogen and oxygen atoms in total. The van der Waals surface area contributed by atoms with Crippen LogP contribution in [-0.4, -0.2) is 36.7 Å². The summed E-state index contributed by atoms with van der Waals surface area (Å²) in [5.41, 5.74) is 0.168. The monoisotopic (exact) mass is 232 g/mol. The number of hydrogen-bond donors (Lipinski definition) is 1. The molecule has 0 amide bonds. The number of rotatable bonds is 2. The Morgan fingerprint density at radius 3 is 3.18 bits per heavy atom. The van der Waals surface area contributed by atoms with Crippen molar-refractivity contribution in [2.75, 3.05) is 7.11 Å². The SMILES string of the molecule is COCc1nc2ncc3c(=O)[nH]cnc3n2n1. The molecule has 0 aliphatic heterocycles. The molecule has 0 atom stereocenters. The number of nitrogens with one attached hydrogen (secondary N) is 1. The third-order valence-corrected chi connectivity index (χ3v) is 2.29. The third-order valence-electron chi connectivity index (χ3n) is 2.29. The number of aromatic nitrogens is 6. The van der Waals surface area contributed by atoms with Gasteiger partial charge in [-0.1, -0.05) is 0 Å². The van der Waals surface area contributed by atoms with Gasteiger partial charge >= 0.3 is 0 Å². The van der Waals surface area contributed by atoms with Crippen LogP contribution >= 0.6 is 0 Å². The summed E-state index contributed by atoms with van der Waals surface area (Å²) in [5.74, 6) is 0.886. The third kappa shape index (κ3) is 1.46. The van der Waals surface area contributed by atoms with Gasteiger partial charge in [0.05, 0.1) is 6.33 Å². The second kappa shape index (κ2) is 3.59. The summed E-state index contributed by atoms with van der Waals surface area (Å²) >= 11 is 0. The van der Waals surface area contributed by atoms with Gasteiger partial charge in [0, 0.05) is 13.3 Å². The van der Waals surface area contributed by atoms with Crippen molar-refractivity contribution in [2.45, 2.75) is 6.61 Å². The van der Waals surface area contributed by atoms with Gasteiger partial charge in [-0.05, 0) is 0 Å². The van der Waals surface area contributed by atoms with E-state index in [0.29, 0.717) is 22.6 Å². The summed E-state index contributed by atoms with van der Waals surface area (Å²) < 4.78 is 6.37. The van der Waals surface area contributed by atoms with Crippen LogP contribution in [-0.2, 0) is 11.3 Å². The Kier molecular flexibility index (Phi) is 2.08. The first kappa shape index (κ1) is 9.85. The minimum atomic E-state index is -0.256. The molecule has 0 saturated heterocycles. The van der Waals surface area contributed by atoms with E-state index in [9.17, 15) is 4.79 Å². The van der Waals surface area contributed by atoms with Crippen molar-refractivity contribution in [3.8, 4) is 0 Å². The van der Waals surface area contributed by atoms with Crippen LogP contribution in [0.4, 0.5) is 0 Å². The van der Waals surface area contributed by atoms with Crippen molar-refractivity contribution in [2.24, 2.45) is 0 Å². The predicted molar refractivity (Wildman–Crippen MR) is 57.4 cm³/mol. The molecule has 0 fully saturated rings. The van der Waals surface area contributed by atoms with Crippen LogP contribution in [0.2, 0.25) is 0 Å². The number of fused-ring (bicyclic) bond motifs is 3. The fourth-order valence-electron chi connectivity index (χ4n) is 1.57. The highest BCUT2D eigenvalue weighted by molar-refractivity contribution is 5.74. The van der Waals surface area contributed by atoms with Crippen molar-refractivity contribution < 1.29 is 4.74 Å². The van der Waals surface area contributed by atoms with E-state index in [4.69, 9.17) is 4.74 Å². The molecule has 86 valence electrons. The molecule has 3 heterocycles. The van der Waals surface area contributed by atoms with Crippen molar-refractivity contribution >= 4 is 16.8 Å². The smallest absolute Gasteiger partial charge is 0.261 e. The van der Waals surface area contributed by atoms with E-state index in [1.807, 2.05) is 0 Å². The minimum absolute atomic E-state index is 0.256. The first-order valence-corrected chi connectivity index (χ1v) is 4.86. The van der Waals surface area contributed by atoms with Crippen LogP contribution in [0.5, 0.6) is 0 Å². The average Bonchev–Trinajstić information content (AvgIpc) is 2.73. The van der Waals surface area contributed by atoms with Crippen LogP contribution in [0.25, 0.3) is 16.8 Å². The van der Waals surface area contributed by atoms with Crippen molar-refractivity contribution in [3.05, 3.63) is 28.7 Å². The second-order valence-electron chi connectivity index (χ2n) is 3.40. The molecule has 3 aromatic heterocycles. The zero-order chi connectivity index (χ0) is 11.8. The molecular formula is C9H8N6O2. The van der Waals surface area contributed by atoms with Gasteiger partial charge in [0.15, 0.2) is 11.5 Å². The highest BCUT2D eigenvalue weighted by atomic mass is 16.5. The zero-order valence-corrected chi connectivity index (χ0v) is 8.91. The van der Waals surface area contributed by atoms with Crippen LogP contribution in [0.1, 0.15) is 5.82 Å². The fourth-order valence-corrected chi connectivity index (χ4v) is 1.57. The van der Waals surface area contributed by atoms with Gasteiger partial charge in [-0.15, -0.1) is 5.10 Å². The Hall–Kier alpha value is -2.35. The maximum atomic E-state index is 11.5. The molecule has 0 aliphatic carbocycles. The Morgan fingerprint density at radius 2 is 2.35 bits per heavy atom. The number of nitrogens with zero attached hydrogens (tertiary/aromatic N) is 5. The lowest BCUT2D eigenvalue weighted by atomic mass is 10.4. The summed E-state index contributed by atoms with van der Waals surface area (Å²) in [7, 11) is 1.56. The highest BCUT2D eigenvalue weighted by Crippen LogP contribution is 2.07. The summed E-state index contributed by atoms with van der Waals surface area (Å²) in [4.78, 5) is 26.3. The van der Waals surface area contributed by atoms with E-state index >= 15 is 0 Å². The molecule has 0 bridgehead atoms. The van der Waals surface area contributed by atoms with Crippen LogP contribution < -0.4 is 5.56 Å². The molecule has 3 aromatic rings. The predicted octanol–water partition coefficient (Wildman–Crippen LogP) is -0.493. The zero-order valence-electron chi connectivity index (χ0n) is 8.91. The first-order valence-electron chi connectivity index (χ1n) is 4.86. The average molecular weight is 232 g/mol. The van der Waals surface area contributed by atoms with Crippen molar-refractivity contribution in [3.63, 3.8) is 0 Å². The molecule has 0 aliphatic rings. The molecular weight excluding hydrogens is 224 g/mol. The van der Waals surface area contributed by atoms with E-state index in [-0.39, 0.29) is 12.2 Å². The van der Waals surface area contributed by atoms with Gasteiger partial charge in [0.2, 0.25) is 0 Å². The van der Waals surface area contributed by atoms with E-state index in [1.54, 1.807) is 7.11 Å². The minimum Gasteiger partial charge on any atom is -0.377 e. The van der Waals surface area contributed by atoms with E-state index in [2.05, 4.69) is 25.0 Å². The summed E-state index contributed by atoms with van der Waals surface area (Å²) in [5, 5.41) is 4.54. The van der Waals surface area contributed by atoms with Crippen molar-refractivity contribution in [1.82, 2.24) is 29.5 Å². The van der Waals surface area contributed by atoms with Gasteiger partial charge < -0.3 is 9.72 Å². The quantitative estimate of drug-likeness (QED) is 0.640. The summed E-state index contributed by atoms with van der Waals surface area (Å²) in [6.45, 7) is 0.286. The molecule has 17 heavy (non-hydrogen) atoms. The highest BCUT2D eigenvalue weighted by Gasteiger charge is 2.10. The number of methoxy groups -OCH3 is 1. The Morgan fingerprint density at radius 1 is 1.47 bits per heavy atom. The maximum absolute atomic E-state index is 11.5. The molecule has 0 saturated carbocycles. The van der Waals surface area contributed by atoms with Crippen LogP contribution in [0.15, 0.2) is 17.3 Å². The molecule has 0 radical (unpaired) electrons. The molecule has 0 spiro atoms. The number of aromatic amines is 1. The summed E-state index contributed by atoms with van der Waals surface area (Å²) in [6, 6.07) is 0. The molecule has 8 heteroatoms. The van der Waals surface area contributed by atoms with Crippen LogP contribution in [0.3, 0.4) is 0 Å². The van der Waals surface area contributed by atoms with Gasteiger partial charge in [-0.25, -0.2) is 9.97 Å². The van der Waals surface area contributed by atoms with Crippen LogP contribution in [0, 0.1) is 0 Å². The maximum Gasteiger partial charge on any atom is 0.261 e. The molecule has 0 unspecified atom stereocenters. The van der Waals surface area contributed by atoms with Gasteiger partial charge in [0.1, 0.15) is 12.0 Å². The number of H-pyrrole nitrogens is 1. The van der Waals surface area contributed by atoms with E-state index < -0.39 is 0 Å². The summed E-state index contributed by atoms with van der Waals surface area (Å²) in [6.07, 6.45) is 2.75. The second-order valence-corrected chi connectivity index (χ2v) is 3.40. The Labute approximate surface area is 94.3 Å². The first-order chi connectivity index (χ1) is 8.29. The van der Waals surface area contributed by atoms with E-state index in [1.165, 1.54) is 17.0 Å². The standard InChI is InChI=1S/C9H8N6O2/c1-17-3-6-13-9-10-2-5-7(15(9)14-6)11-4-12-8(5)16/h2,4H,3H2,1H3,(H,11,12,16). The number of ether oxygens (including phenoxy) is 1. The number of hydrogen-bond acceptors (Lipinski definition) is 6.